The van der Waals surface area contributed by atoms with Gasteiger partial charge in [-0.25, -0.2) is 4.99 Å². The molecule has 0 spiro atoms. The lowest BCUT2D eigenvalue weighted by molar-refractivity contribution is 0.0963. The van der Waals surface area contributed by atoms with Crippen molar-refractivity contribution in [2.75, 3.05) is 20.1 Å². The van der Waals surface area contributed by atoms with Crippen LogP contribution in [0.15, 0.2) is 53.5 Å². The first-order valence-corrected chi connectivity index (χ1v) is 11.3. The zero-order valence-corrected chi connectivity index (χ0v) is 18.6. The van der Waals surface area contributed by atoms with Gasteiger partial charge in [0.05, 0.1) is 12.6 Å². The highest BCUT2D eigenvalue weighted by Gasteiger charge is 2.17. The summed E-state index contributed by atoms with van der Waals surface area (Å²) in [6.45, 7) is 4.13. The first-order valence-electron chi connectivity index (χ1n) is 11.3. The predicted octanol–water partition coefficient (Wildman–Crippen LogP) is 3.67. The molecular weight excluding hydrogens is 388 g/mol. The number of hydrogen-bond acceptors (Lipinski definition) is 3. The maximum Gasteiger partial charge on any atom is 0.251 e. The highest BCUT2D eigenvalue weighted by Crippen LogP contribution is 2.27. The van der Waals surface area contributed by atoms with Crippen molar-refractivity contribution >= 4 is 11.9 Å². The van der Waals surface area contributed by atoms with Crippen molar-refractivity contribution in [2.24, 2.45) is 4.99 Å². The minimum atomic E-state index is -0.0665. The van der Waals surface area contributed by atoms with E-state index in [0.717, 1.165) is 55.2 Å². The van der Waals surface area contributed by atoms with E-state index < -0.39 is 0 Å². The molecule has 0 atom stereocenters. The summed E-state index contributed by atoms with van der Waals surface area (Å²) in [5.74, 6) is 1.66. The van der Waals surface area contributed by atoms with Crippen LogP contribution in [0.25, 0.3) is 0 Å². The van der Waals surface area contributed by atoms with Gasteiger partial charge in [0.15, 0.2) is 5.96 Å². The Morgan fingerprint density at radius 1 is 1.10 bits per heavy atom. The second-order valence-corrected chi connectivity index (χ2v) is 7.78. The zero-order valence-electron chi connectivity index (χ0n) is 18.6. The molecule has 0 aromatic heterocycles. The van der Waals surface area contributed by atoms with Crippen molar-refractivity contribution in [3.63, 3.8) is 0 Å². The average molecular weight is 423 g/mol. The molecule has 0 heterocycles. The SMILES string of the molecule is CCNC(=NCc1ccccc1OC1CCCC1)NCCc1cccc(C(=O)NC)c1. The fourth-order valence-electron chi connectivity index (χ4n) is 3.78. The van der Waals surface area contributed by atoms with Gasteiger partial charge in [0, 0.05) is 31.3 Å². The van der Waals surface area contributed by atoms with Crippen molar-refractivity contribution in [2.45, 2.75) is 51.7 Å². The Bertz CT molecular complexity index is 875. The molecule has 0 bridgehead atoms. The van der Waals surface area contributed by atoms with Crippen LogP contribution < -0.4 is 20.7 Å². The van der Waals surface area contributed by atoms with Crippen LogP contribution in [-0.2, 0) is 13.0 Å². The quantitative estimate of drug-likeness (QED) is 0.426. The minimum absolute atomic E-state index is 0.0665. The molecule has 0 radical (unpaired) electrons. The van der Waals surface area contributed by atoms with Crippen LogP contribution in [0, 0.1) is 0 Å². The molecule has 3 rings (SSSR count). The van der Waals surface area contributed by atoms with Crippen LogP contribution in [0.5, 0.6) is 5.75 Å². The lowest BCUT2D eigenvalue weighted by Gasteiger charge is -2.16. The Morgan fingerprint density at radius 3 is 2.68 bits per heavy atom. The standard InChI is InChI=1S/C25H34N4O2/c1-3-27-25(28-16-15-19-9-8-11-20(17-19)24(30)26-2)29-18-21-10-4-7-14-23(21)31-22-12-5-6-13-22/h4,7-11,14,17,22H,3,5-6,12-13,15-16,18H2,1-2H3,(H,26,30)(H2,27,28,29). The van der Waals surface area contributed by atoms with Crippen LogP contribution in [0.3, 0.4) is 0 Å². The number of nitrogens with zero attached hydrogens (tertiary/aromatic N) is 1. The number of nitrogens with one attached hydrogen (secondary N) is 3. The van der Waals surface area contributed by atoms with Gasteiger partial charge in [-0.2, -0.15) is 0 Å². The van der Waals surface area contributed by atoms with E-state index in [1.807, 2.05) is 42.5 Å². The second-order valence-electron chi connectivity index (χ2n) is 7.78. The number of aliphatic imine (C=N–C) groups is 1. The van der Waals surface area contributed by atoms with E-state index in [1.54, 1.807) is 7.05 Å². The van der Waals surface area contributed by atoms with Gasteiger partial charge in [-0.3, -0.25) is 4.79 Å². The van der Waals surface area contributed by atoms with Crippen molar-refractivity contribution in [3.05, 3.63) is 65.2 Å². The summed E-state index contributed by atoms with van der Waals surface area (Å²) in [6.07, 6.45) is 5.93. The first kappa shape index (κ1) is 22.7. The Hall–Kier alpha value is -3.02. The van der Waals surface area contributed by atoms with Gasteiger partial charge >= 0.3 is 0 Å². The summed E-state index contributed by atoms with van der Waals surface area (Å²) in [5.41, 5.74) is 2.89. The topological polar surface area (TPSA) is 74.8 Å². The summed E-state index contributed by atoms with van der Waals surface area (Å²) in [4.78, 5) is 16.6. The monoisotopic (exact) mass is 422 g/mol. The normalized spacial score (nSPS) is 14.3. The molecule has 1 aliphatic carbocycles. The number of hydrogen-bond donors (Lipinski definition) is 3. The fraction of sp³-hybridized carbons (Fsp3) is 0.440. The molecule has 31 heavy (non-hydrogen) atoms. The Kier molecular flexibility index (Phi) is 8.76. The van der Waals surface area contributed by atoms with Crippen molar-refractivity contribution in [3.8, 4) is 5.75 Å². The summed E-state index contributed by atoms with van der Waals surface area (Å²) in [6, 6.07) is 15.9. The maximum absolute atomic E-state index is 11.8. The maximum atomic E-state index is 11.8. The Morgan fingerprint density at radius 2 is 1.90 bits per heavy atom. The Balaban J connectivity index is 1.58. The smallest absolute Gasteiger partial charge is 0.251 e. The van der Waals surface area contributed by atoms with Gasteiger partial charge in [-0.15, -0.1) is 0 Å². The molecule has 6 nitrogen and oxygen atoms in total. The highest BCUT2D eigenvalue weighted by atomic mass is 16.5. The first-order chi connectivity index (χ1) is 15.2. The van der Waals surface area contributed by atoms with Crippen LogP contribution in [0.4, 0.5) is 0 Å². The summed E-state index contributed by atoms with van der Waals surface area (Å²) in [5, 5.41) is 9.36. The van der Waals surface area contributed by atoms with Crippen LogP contribution in [0.2, 0.25) is 0 Å². The van der Waals surface area contributed by atoms with Gasteiger partial charge in [0.1, 0.15) is 5.75 Å². The van der Waals surface area contributed by atoms with Gasteiger partial charge in [0.2, 0.25) is 0 Å². The molecule has 1 fully saturated rings. The summed E-state index contributed by atoms with van der Waals surface area (Å²) in [7, 11) is 1.65. The van der Waals surface area contributed by atoms with E-state index >= 15 is 0 Å². The molecule has 1 saturated carbocycles. The van der Waals surface area contributed by atoms with E-state index in [-0.39, 0.29) is 5.91 Å². The summed E-state index contributed by atoms with van der Waals surface area (Å²) >= 11 is 0. The highest BCUT2D eigenvalue weighted by molar-refractivity contribution is 5.94. The fourth-order valence-corrected chi connectivity index (χ4v) is 3.78. The largest absolute Gasteiger partial charge is 0.490 e. The lowest BCUT2D eigenvalue weighted by atomic mass is 10.1. The number of guanidine groups is 1. The number of rotatable bonds is 9. The number of amides is 1. The molecule has 2 aromatic carbocycles. The van der Waals surface area contributed by atoms with E-state index in [2.05, 4.69) is 28.9 Å². The molecule has 3 N–H and O–H groups in total. The molecule has 2 aromatic rings. The van der Waals surface area contributed by atoms with E-state index in [9.17, 15) is 4.79 Å². The third-order valence-electron chi connectivity index (χ3n) is 5.44. The van der Waals surface area contributed by atoms with Crippen LogP contribution >= 0.6 is 0 Å². The van der Waals surface area contributed by atoms with E-state index in [1.165, 1.54) is 12.8 Å². The number of carbonyl (C=O) groups excluding carboxylic acids is 1. The minimum Gasteiger partial charge on any atom is -0.490 e. The number of para-hydroxylation sites is 1. The molecule has 1 amide bonds. The van der Waals surface area contributed by atoms with Gasteiger partial charge in [0.25, 0.3) is 5.91 Å². The predicted molar refractivity (Wildman–Crippen MR) is 126 cm³/mol. The number of benzene rings is 2. The van der Waals surface area contributed by atoms with Crippen molar-refractivity contribution in [1.29, 1.82) is 0 Å². The van der Waals surface area contributed by atoms with Gasteiger partial charge in [-0.05, 0) is 62.8 Å². The second kappa shape index (κ2) is 12.0. The van der Waals surface area contributed by atoms with E-state index in [4.69, 9.17) is 9.73 Å². The molecule has 0 unspecified atom stereocenters. The number of ether oxygens (including phenoxy) is 1. The molecule has 0 aliphatic heterocycles. The van der Waals surface area contributed by atoms with E-state index in [0.29, 0.717) is 18.2 Å². The molecule has 1 aliphatic rings. The molecule has 166 valence electrons. The Labute approximate surface area is 185 Å². The number of carbonyl (C=O) groups is 1. The lowest BCUT2D eigenvalue weighted by Crippen LogP contribution is -2.38. The van der Waals surface area contributed by atoms with Crippen molar-refractivity contribution < 1.29 is 9.53 Å². The molecular formula is C25H34N4O2. The molecule has 6 heteroatoms. The zero-order chi connectivity index (χ0) is 21.9. The van der Waals surface area contributed by atoms with Gasteiger partial charge < -0.3 is 20.7 Å². The third kappa shape index (κ3) is 7.02. The van der Waals surface area contributed by atoms with Crippen LogP contribution in [-0.4, -0.2) is 38.1 Å². The van der Waals surface area contributed by atoms with Crippen molar-refractivity contribution in [1.82, 2.24) is 16.0 Å². The summed E-state index contributed by atoms with van der Waals surface area (Å²) < 4.78 is 6.23. The van der Waals surface area contributed by atoms with Gasteiger partial charge in [-0.1, -0.05) is 30.3 Å². The third-order valence-corrected chi connectivity index (χ3v) is 5.44. The molecule has 0 saturated heterocycles. The van der Waals surface area contributed by atoms with Crippen LogP contribution in [0.1, 0.15) is 54.1 Å². The average Bonchev–Trinajstić information content (AvgIpc) is 3.31.